The van der Waals surface area contributed by atoms with Crippen molar-refractivity contribution >= 4 is 6.09 Å². The summed E-state index contributed by atoms with van der Waals surface area (Å²) in [6.07, 6.45) is 8.82. The topological polar surface area (TPSA) is 55.6 Å². The third-order valence-electron chi connectivity index (χ3n) is 4.62. The van der Waals surface area contributed by atoms with Crippen LogP contribution in [-0.2, 0) is 4.74 Å². The Hall–Kier alpha value is -0.770. The third kappa shape index (κ3) is 4.37. The molecule has 0 spiro atoms. The molecule has 2 aliphatic rings. The second-order valence-corrected chi connectivity index (χ2v) is 6.50. The maximum atomic E-state index is 12.0. The van der Waals surface area contributed by atoms with Gasteiger partial charge in [-0.05, 0) is 31.6 Å². The van der Waals surface area contributed by atoms with Crippen molar-refractivity contribution in [2.75, 3.05) is 19.7 Å². The molecule has 1 saturated heterocycles. The molecule has 2 fully saturated rings. The molecule has 19 heavy (non-hydrogen) atoms. The van der Waals surface area contributed by atoms with Gasteiger partial charge in [0.05, 0.1) is 5.54 Å². The van der Waals surface area contributed by atoms with E-state index in [1.807, 2.05) is 4.90 Å². The highest BCUT2D eigenvalue weighted by atomic mass is 16.6. The highest BCUT2D eigenvalue weighted by Gasteiger charge is 2.29. The number of hydrogen-bond acceptors (Lipinski definition) is 3. The fraction of sp³-hybridized carbons (Fsp3) is 0.933. The Balaban J connectivity index is 1.76. The zero-order valence-electron chi connectivity index (χ0n) is 12.2. The van der Waals surface area contributed by atoms with Gasteiger partial charge in [0.2, 0.25) is 0 Å². The number of nitrogens with zero attached hydrogens (tertiary/aromatic N) is 1. The minimum atomic E-state index is -0.283. The predicted molar refractivity (Wildman–Crippen MR) is 75.9 cm³/mol. The first kappa shape index (κ1) is 14.6. The summed E-state index contributed by atoms with van der Waals surface area (Å²) in [5.74, 6) is 0.728. The summed E-state index contributed by atoms with van der Waals surface area (Å²) in [5, 5.41) is 0. The number of nitrogens with two attached hydrogens (primary N) is 1. The van der Waals surface area contributed by atoms with Crippen LogP contribution < -0.4 is 5.73 Å². The first-order valence-electron chi connectivity index (χ1n) is 7.80. The standard InChI is InChI=1S/C15H28N2O2/c1-13-6-10-17(11-7-13)14(18)19-12-15(16)8-4-2-3-5-9-15/h13H,2-12,16H2,1H3. The molecule has 0 radical (unpaired) electrons. The molecular formula is C15H28N2O2. The number of hydrogen-bond donors (Lipinski definition) is 1. The Bertz CT molecular complexity index is 291. The van der Waals surface area contributed by atoms with Crippen LogP contribution in [0.5, 0.6) is 0 Å². The van der Waals surface area contributed by atoms with Gasteiger partial charge < -0.3 is 15.4 Å². The minimum absolute atomic E-state index is 0.166. The smallest absolute Gasteiger partial charge is 0.409 e. The molecule has 1 saturated carbocycles. The molecule has 2 N–H and O–H groups in total. The van der Waals surface area contributed by atoms with Gasteiger partial charge in [-0.2, -0.15) is 0 Å². The monoisotopic (exact) mass is 268 g/mol. The minimum Gasteiger partial charge on any atom is -0.447 e. The van der Waals surface area contributed by atoms with Crippen LogP contribution in [0.15, 0.2) is 0 Å². The van der Waals surface area contributed by atoms with E-state index in [-0.39, 0.29) is 11.6 Å². The first-order valence-corrected chi connectivity index (χ1v) is 7.80. The van der Waals surface area contributed by atoms with Crippen LogP contribution >= 0.6 is 0 Å². The number of piperidine rings is 1. The average molecular weight is 268 g/mol. The van der Waals surface area contributed by atoms with Crippen LogP contribution in [0, 0.1) is 5.92 Å². The van der Waals surface area contributed by atoms with Gasteiger partial charge >= 0.3 is 6.09 Å². The number of ether oxygens (including phenoxy) is 1. The number of carbonyl (C=O) groups excluding carboxylic acids is 1. The van der Waals surface area contributed by atoms with Gasteiger partial charge in [0.1, 0.15) is 6.61 Å². The van der Waals surface area contributed by atoms with Crippen LogP contribution in [0.3, 0.4) is 0 Å². The molecule has 110 valence electrons. The van der Waals surface area contributed by atoms with Gasteiger partial charge in [-0.25, -0.2) is 4.79 Å². The van der Waals surface area contributed by atoms with Crippen molar-refractivity contribution < 1.29 is 9.53 Å². The Labute approximate surface area is 116 Å². The Morgan fingerprint density at radius 3 is 2.37 bits per heavy atom. The van der Waals surface area contributed by atoms with E-state index in [1.165, 1.54) is 12.8 Å². The number of likely N-dealkylation sites (tertiary alicyclic amines) is 1. The summed E-state index contributed by atoms with van der Waals surface area (Å²) in [6, 6.07) is 0. The summed E-state index contributed by atoms with van der Waals surface area (Å²) in [7, 11) is 0. The van der Waals surface area contributed by atoms with Gasteiger partial charge in [-0.15, -0.1) is 0 Å². The van der Waals surface area contributed by atoms with E-state index in [1.54, 1.807) is 0 Å². The summed E-state index contributed by atoms with van der Waals surface area (Å²) in [6.45, 7) is 4.29. The fourth-order valence-electron chi connectivity index (χ4n) is 3.06. The van der Waals surface area contributed by atoms with Crippen molar-refractivity contribution in [1.29, 1.82) is 0 Å². The molecule has 1 heterocycles. The van der Waals surface area contributed by atoms with Gasteiger partial charge in [-0.3, -0.25) is 0 Å². The number of carbonyl (C=O) groups is 1. The highest BCUT2D eigenvalue weighted by molar-refractivity contribution is 5.67. The normalized spacial score (nSPS) is 24.8. The highest BCUT2D eigenvalue weighted by Crippen LogP contribution is 2.25. The maximum Gasteiger partial charge on any atom is 0.409 e. The van der Waals surface area contributed by atoms with Crippen molar-refractivity contribution in [2.45, 2.75) is 63.8 Å². The fourth-order valence-corrected chi connectivity index (χ4v) is 3.06. The lowest BCUT2D eigenvalue weighted by molar-refractivity contribution is 0.0666. The molecule has 0 bridgehead atoms. The summed E-state index contributed by atoms with van der Waals surface area (Å²) < 4.78 is 5.48. The average Bonchev–Trinajstić information content (AvgIpc) is 2.62. The van der Waals surface area contributed by atoms with Crippen LogP contribution in [0.4, 0.5) is 4.79 Å². The van der Waals surface area contributed by atoms with E-state index < -0.39 is 0 Å². The van der Waals surface area contributed by atoms with Crippen molar-refractivity contribution in [1.82, 2.24) is 4.90 Å². The molecule has 1 amide bonds. The number of rotatable bonds is 2. The Morgan fingerprint density at radius 2 is 1.79 bits per heavy atom. The molecule has 1 aliphatic heterocycles. The third-order valence-corrected chi connectivity index (χ3v) is 4.62. The van der Waals surface area contributed by atoms with Gasteiger partial charge in [0.15, 0.2) is 0 Å². The zero-order chi connectivity index (χ0) is 13.7. The zero-order valence-corrected chi connectivity index (χ0v) is 12.2. The van der Waals surface area contributed by atoms with E-state index >= 15 is 0 Å². The quantitative estimate of drug-likeness (QED) is 0.783. The molecule has 0 unspecified atom stereocenters. The van der Waals surface area contributed by atoms with Crippen LogP contribution in [0.25, 0.3) is 0 Å². The maximum absolute atomic E-state index is 12.0. The van der Waals surface area contributed by atoms with Gasteiger partial charge in [0.25, 0.3) is 0 Å². The predicted octanol–water partition coefficient (Wildman–Crippen LogP) is 2.91. The lowest BCUT2D eigenvalue weighted by Gasteiger charge is -2.32. The Kier molecular flexibility index (Phi) is 5.08. The largest absolute Gasteiger partial charge is 0.447 e. The Morgan fingerprint density at radius 1 is 1.21 bits per heavy atom. The second-order valence-electron chi connectivity index (χ2n) is 6.50. The van der Waals surface area contributed by atoms with E-state index in [0.717, 1.165) is 57.5 Å². The molecule has 2 rings (SSSR count). The molecule has 4 heteroatoms. The lowest BCUT2D eigenvalue weighted by Crippen LogP contribution is -2.47. The van der Waals surface area contributed by atoms with Crippen LogP contribution in [0.1, 0.15) is 58.3 Å². The summed E-state index contributed by atoms with van der Waals surface area (Å²) >= 11 is 0. The molecule has 0 atom stereocenters. The molecule has 1 aliphatic carbocycles. The lowest BCUT2D eigenvalue weighted by atomic mass is 9.93. The SMILES string of the molecule is CC1CCN(C(=O)OCC2(N)CCCCCC2)CC1. The van der Waals surface area contributed by atoms with Crippen molar-refractivity contribution in [3.63, 3.8) is 0 Å². The molecular weight excluding hydrogens is 240 g/mol. The van der Waals surface area contributed by atoms with Gasteiger partial charge in [0, 0.05) is 13.1 Å². The number of amides is 1. The molecule has 0 aromatic heterocycles. The van der Waals surface area contributed by atoms with Crippen molar-refractivity contribution in [2.24, 2.45) is 11.7 Å². The molecule has 4 nitrogen and oxygen atoms in total. The van der Waals surface area contributed by atoms with Crippen molar-refractivity contribution in [3.05, 3.63) is 0 Å². The molecule has 0 aromatic carbocycles. The van der Waals surface area contributed by atoms with E-state index in [2.05, 4.69) is 6.92 Å². The summed E-state index contributed by atoms with van der Waals surface area (Å²) in [4.78, 5) is 13.9. The van der Waals surface area contributed by atoms with Crippen molar-refractivity contribution in [3.8, 4) is 0 Å². The van der Waals surface area contributed by atoms with E-state index in [0.29, 0.717) is 6.61 Å². The van der Waals surface area contributed by atoms with Crippen LogP contribution in [-0.4, -0.2) is 36.2 Å². The first-order chi connectivity index (χ1) is 9.09. The van der Waals surface area contributed by atoms with E-state index in [4.69, 9.17) is 10.5 Å². The summed E-state index contributed by atoms with van der Waals surface area (Å²) in [5.41, 5.74) is 6.08. The van der Waals surface area contributed by atoms with E-state index in [9.17, 15) is 4.79 Å². The van der Waals surface area contributed by atoms with Crippen LogP contribution in [0.2, 0.25) is 0 Å². The second kappa shape index (κ2) is 6.60. The van der Waals surface area contributed by atoms with Gasteiger partial charge in [-0.1, -0.05) is 32.6 Å². The molecule has 0 aromatic rings.